The maximum absolute atomic E-state index is 11.1. The van der Waals surface area contributed by atoms with Crippen LogP contribution in [0.15, 0.2) is 0 Å². The molecule has 0 saturated heterocycles. The van der Waals surface area contributed by atoms with Gasteiger partial charge in [-0.1, -0.05) is 6.92 Å². The highest BCUT2D eigenvalue weighted by Crippen LogP contribution is 2.20. The molecule has 0 spiro atoms. The van der Waals surface area contributed by atoms with E-state index in [0.29, 0.717) is 0 Å². The Hall–Kier alpha value is -0.570. The molecule has 0 aliphatic rings. The lowest BCUT2D eigenvalue weighted by atomic mass is 9.91. The van der Waals surface area contributed by atoms with Gasteiger partial charge in [-0.25, -0.2) is 0 Å². The molecule has 0 aromatic heterocycles. The molecule has 0 unspecified atom stereocenters. The van der Waals surface area contributed by atoms with Gasteiger partial charge >= 0.3 is 5.97 Å². The molecule has 3 heteroatoms. The Morgan fingerprint density at radius 2 is 2.09 bits per heavy atom. The van der Waals surface area contributed by atoms with E-state index >= 15 is 0 Å². The van der Waals surface area contributed by atoms with Gasteiger partial charge in [0.15, 0.2) is 0 Å². The van der Waals surface area contributed by atoms with Crippen LogP contribution >= 0.6 is 0 Å². The summed E-state index contributed by atoms with van der Waals surface area (Å²) in [6, 6.07) is 0. The quantitative estimate of drug-likeness (QED) is 0.623. The molecule has 0 aromatic rings. The minimum absolute atomic E-state index is 0.0995. The number of hydrogen-bond acceptors (Lipinski definition) is 3. The fourth-order valence-corrected chi connectivity index (χ4v) is 0.478. The van der Waals surface area contributed by atoms with Gasteiger partial charge in [0.2, 0.25) is 0 Å². The van der Waals surface area contributed by atoms with E-state index in [1.165, 1.54) is 0 Å². The molecule has 0 saturated carbocycles. The summed E-state index contributed by atoms with van der Waals surface area (Å²) in [5, 5.41) is 8.38. The number of carbonyl (C=O) groups excluding carboxylic acids is 1. The van der Waals surface area contributed by atoms with Gasteiger partial charge in [-0.05, 0) is 20.3 Å². The summed E-state index contributed by atoms with van der Waals surface area (Å²) in [4.78, 5) is 11.1. The monoisotopic (exact) mass is 160 g/mol. The van der Waals surface area contributed by atoms with E-state index in [-0.39, 0.29) is 19.2 Å². The van der Waals surface area contributed by atoms with Gasteiger partial charge in [-0.15, -0.1) is 0 Å². The molecule has 3 nitrogen and oxygen atoms in total. The van der Waals surface area contributed by atoms with E-state index in [1.807, 2.05) is 20.8 Å². The van der Waals surface area contributed by atoms with Crippen molar-refractivity contribution < 1.29 is 14.6 Å². The van der Waals surface area contributed by atoms with Crippen LogP contribution in [0, 0.1) is 5.41 Å². The van der Waals surface area contributed by atoms with Crippen molar-refractivity contribution >= 4 is 5.97 Å². The van der Waals surface area contributed by atoms with Crippen LogP contribution in [0.25, 0.3) is 0 Å². The van der Waals surface area contributed by atoms with E-state index < -0.39 is 5.41 Å². The van der Waals surface area contributed by atoms with Crippen LogP contribution in [-0.2, 0) is 9.53 Å². The van der Waals surface area contributed by atoms with Gasteiger partial charge in [0, 0.05) is 0 Å². The number of ether oxygens (including phenoxy) is 1. The first-order valence-electron chi connectivity index (χ1n) is 3.82. The highest BCUT2D eigenvalue weighted by molar-refractivity contribution is 5.75. The summed E-state index contributed by atoms with van der Waals surface area (Å²) in [5.41, 5.74) is -0.421. The first-order chi connectivity index (χ1) is 5.04. The Balaban J connectivity index is 3.82. The van der Waals surface area contributed by atoms with Crippen LogP contribution in [-0.4, -0.2) is 24.3 Å². The molecule has 0 fully saturated rings. The van der Waals surface area contributed by atoms with Crippen LogP contribution in [0.1, 0.15) is 27.2 Å². The first-order valence-corrected chi connectivity index (χ1v) is 3.82. The van der Waals surface area contributed by atoms with Crippen LogP contribution in [0.3, 0.4) is 0 Å². The SMILES string of the molecule is CCC(C)(C)C(=O)OCCO. The molecule has 0 radical (unpaired) electrons. The van der Waals surface area contributed by atoms with Crippen molar-refractivity contribution in [3.8, 4) is 0 Å². The van der Waals surface area contributed by atoms with Crippen LogP contribution in [0.2, 0.25) is 0 Å². The standard InChI is InChI=1S/C8H16O3/c1-4-8(2,3)7(10)11-6-5-9/h9H,4-6H2,1-3H3. The Morgan fingerprint density at radius 1 is 1.55 bits per heavy atom. The molecular formula is C8H16O3. The minimum Gasteiger partial charge on any atom is -0.463 e. The molecular weight excluding hydrogens is 144 g/mol. The smallest absolute Gasteiger partial charge is 0.311 e. The van der Waals surface area contributed by atoms with Crippen molar-refractivity contribution in [3.05, 3.63) is 0 Å². The van der Waals surface area contributed by atoms with E-state index in [2.05, 4.69) is 0 Å². The molecule has 11 heavy (non-hydrogen) atoms. The highest BCUT2D eigenvalue weighted by Gasteiger charge is 2.26. The molecule has 66 valence electrons. The second kappa shape index (κ2) is 4.34. The third-order valence-electron chi connectivity index (χ3n) is 1.76. The minimum atomic E-state index is -0.421. The maximum Gasteiger partial charge on any atom is 0.311 e. The van der Waals surface area contributed by atoms with Crippen LogP contribution in [0.5, 0.6) is 0 Å². The molecule has 0 aliphatic carbocycles. The zero-order chi connectivity index (χ0) is 8.91. The van der Waals surface area contributed by atoms with Gasteiger partial charge in [-0.2, -0.15) is 0 Å². The second-order valence-corrected chi connectivity index (χ2v) is 3.10. The van der Waals surface area contributed by atoms with Gasteiger partial charge in [-0.3, -0.25) is 4.79 Å². The summed E-state index contributed by atoms with van der Waals surface area (Å²) in [6.45, 7) is 5.58. The molecule has 0 aromatic carbocycles. The zero-order valence-electron chi connectivity index (χ0n) is 7.39. The number of rotatable bonds is 4. The van der Waals surface area contributed by atoms with Gasteiger partial charge in [0.25, 0.3) is 0 Å². The molecule has 0 bridgehead atoms. The maximum atomic E-state index is 11.1. The lowest BCUT2D eigenvalue weighted by Crippen LogP contribution is -2.26. The molecule has 0 heterocycles. The lowest BCUT2D eigenvalue weighted by Gasteiger charge is -2.19. The molecule has 0 atom stereocenters. The molecule has 0 rings (SSSR count). The van der Waals surface area contributed by atoms with Crippen molar-refractivity contribution in [2.24, 2.45) is 5.41 Å². The fraction of sp³-hybridized carbons (Fsp3) is 0.875. The van der Waals surface area contributed by atoms with Crippen molar-refractivity contribution in [2.45, 2.75) is 27.2 Å². The van der Waals surface area contributed by atoms with Gasteiger partial charge in [0.1, 0.15) is 6.61 Å². The largest absolute Gasteiger partial charge is 0.463 e. The summed E-state index contributed by atoms with van der Waals surface area (Å²) >= 11 is 0. The van der Waals surface area contributed by atoms with Crippen molar-refractivity contribution in [1.29, 1.82) is 0 Å². The Labute approximate surface area is 67.4 Å². The summed E-state index contributed by atoms with van der Waals surface area (Å²) in [6.07, 6.45) is 0.747. The predicted octanol–water partition coefficient (Wildman–Crippen LogP) is 0.958. The van der Waals surface area contributed by atoms with Crippen molar-refractivity contribution in [2.75, 3.05) is 13.2 Å². The van der Waals surface area contributed by atoms with Crippen molar-refractivity contribution in [1.82, 2.24) is 0 Å². The normalized spacial score (nSPS) is 11.3. The van der Waals surface area contributed by atoms with E-state index in [4.69, 9.17) is 9.84 Å². The molecule has 1 N–H and O–H groups in total. The highest BCUT2D eigenvalue weighted by atomic mass is 16.5. The average molecular weight is 160 g/mol. The summed E-state index contributed by atoms with van der Waals surface area (Å²) < 4.78 is 4.76. The topological polar surface area (TPSA) is 46.5 Å². The number of esters is 1. The second-order valence-electron chi connectivity index (χ2n) is 3.10. The van der Waals surface area contributed by atoms with Gasteiger partial charge in [0.05, 0.1) is 12.0 Å². The number of hydrogen-bond donors (Lipinski definition) is 1. The number of aliphatic hydroxyl groups is 1. The fourth-order valence-electron chi connectivity index (χ4n) is 0.478. The first kappa shape index (κ1) is 10.4. The van der Waals surface area contributed by atoms with E-state index in [0.717, 1.165) is 6.42 Å². The van der Waals surface area contributed by atoms with Crippen LogP contribution in [0.4, 0.5) is 0 Å². The van der Waals surface area contributed by atoms with E-state index in [9.17, 15) is 4.79 Å². The Morgan fingerprint density at radius 3 is 2.45 bits per heavy atom. The molecule has 0 aliphatic heterocycles. The predicted molar refractivity (Wildman–Crippen MR) is 42.1 cm³/mol. The Bertz CT molecular complexity index is 129. The van der Waals surface area contributed by atoms with Crippen molar-refractivity contribution in [3.63, 3.8) is 0 Å². The van der Waals surface area contributed by atoms with Crippen LogP contribution < -0.4 is 0 Å². The summed E-state index contributed by atoms with van der Waals surface area (Å²) in [7, 11) is 0. The number of aliphatic hydroxyl groups excluding tert-OH is 1. The third kappa shape index (κ3) is 3.37. The lowest BCUT2D eigenvalue weighted by molar-refractivity contribution is -0.155. The molecule has 0 amide bonds. The summed E-state index contributed by atoms with van der Waals surface area (Å²) in [5.74, 6) is -0.242. The zero-order valence-corrected chi connectivity index (χ0v) is 7.39. The van der Waals surface area contributed by atoms with E-state index in [1.54, 1.807) is 0 Å². The average Bonchev–Trinajstić information content (AvgIpc) is 2.00. The third-order valence-corrected chi connectivity index (χ3v) is 1.76. The number of carbonyl (C=O) groups is 1. The Kier molecular flexibility index (Phi) is 4.11. The van der Waals surface area contributed by atoms with Gasteiger partial charge < -0.3 is 9.84 Å².